The first-order valence-corrected chi connectivity index (χ1v) is 4.10. The zero-order valence-corrected chi connectivity index (χ0v) is 6.77. The van der Waals surface area contributed by atoms with Gasteiger partial charge in [-0.05, 0) is 24.8 Å². The molecule has 0 radical (unpaired) electrons. The van der Waals surface area contributed by atoms with E-state index < -0.39 is 0 Å². The molecule has 1 aromatic heterocycles. The van der Waals surface area contributed by atoms with Crippen LogP contribution in [0.5, 0.6) is 0 Å². The van der Waals surface area contributed by atoms with E-state index in [0.717, 1.165) is 11.6 Å². The molecule has 0 spiro atoms. The van der Waals surface area contributed by atoms with Gasteiger partial charge in [-0.3, -0.25) is 0 Å². The van der Waals surface area contributed by atoms with Gasteiger partial charge in [0.2, 0.25) is 0 Å². The predicted octanol–water partition coefficient (Wildman–Crippen LogP) is 1.48. The highest BCUT2D eigenvalue weighted by Crippen LogP contribution is 2.30. The molecule has 0 amide bonds. The van der Waals surface area contributed by atoms with E-state index in [0.29, 0.717) is 5.82 Å². The monoisotopic (exact) mass is 161 g/mol. The molecule has 1 aliphatic carbocycles. The van der Waals surface area contributed by atoms with E-state index in [9.17, 15) is 0 Å². The summed E-state index contributed by atoms with van der Waals surface area (Å²) in [4.78, 5) is 7.88. The van der Waals surface area contributed by atoms with Gasteiger partial charge < -0.3 is 5.73 Å². The Morgan fingerprint density at radius 3 is 2.92 bits per heavy atom. The molecular weight excluding hydrogens is 150 g/mol. The van der Waals surface area contributed by atoms with E-state index in [1.807, 2.05) is 6.08 Å². The molecule has 0 aromatic carbocycles. The average molecular weight is 161 g/mol. The normalized spacial score (nSPS) is 17.0. The van der Waals surface area contributed by atoms with Gasteiger partial charge in [-0.2, -0.15) is 0 Å². The largest absolute Gasteiger partial charge is 0.384 e. The van der Waals surface area contributed by atoms with Crippen LogP contribution in [-0.4, -0.2) is 9.97 Å². The van der Waals surface area contributed by atoms with Crippen LogP contribution in [0.15, 0.2) is 18.5 Å². The molecule has 1 aliphatic rings. The van der Waals surface area contributed by atoms with Crippen molar-refractivity contribution in [2.24, 2.45) is 5.92 Å². The van der Waals surface area contributed by atoms with Crippen molar-refractivity contribution >= 4 is 11.9 Å². The molecule has 3 heteroatoms. The minimum absolute atomic E-state index is 0.528. The first-order chi connectivity index (χ1) is 5.84. The second-order valence-corrected chi connectivity index (χ2v) is 3.06. The Morgan fingerprint density at radius 2 is 2.25 bits per heavy atom. The number of anilines is 1. The van der Waals surface area contributed by atoms with Crippen molar-refractivity contribution in [3.63, 3.8) is 0 Å². The quantitative estimate of drug-likeness (QED) is 0.714. The standard InChI is InChI=1S/C9H11N3/c10-9-5-8(11-6-12-9)4-3-7-1-2-7/h3-7H,1-2H2,(H2,10,11,12). The fraction of sp³-hybridized carbons (Fsp3) is 0.333. The molecule has 0 saturated heterocycles. The van der Waals surface area contributed by atoms with Crippen LogP contribution in [0.4, 0.5) is 5.82 Å². The van der Waals surface area contributed by atoms with Crippen LogP contribution >= 0.6 is 0 Å². The summed E-state index contributed by atoms with van der Waals surface area (Å²) in [5.41, 5.74) is 6.39. The molecule has 1 fully saturated rings. The second-order valence-electron chi connectivity index (χ2n) is 3.06. The highest BCUT2D eigenvalue weighted by atomic mass is 14.9. The van der Waals surface area contributed by atoms with Crippen LogP contribution in [0, 0.1) is 5.92 Å². The first kappa shape index (κ1) is 7.28. The number of allylic oxidation sites excluding steroid dienone is 1. The third kappa shape index (κ3) is 1.81. The molecule has 1 heterocycles. The minimum Gasteiger partial charge on any atom is -0.384 e. The molecule has 1 aromatic rings. The zero-order valence-electron chi connectivity index (χ0n) is 6.77. The van der Waals surface area contributed by atoms with E-state index in [1.54, 1.807) is 6.07 Å². The average Bonchev–Trinajstić information content (AvgIpc) is 2.84. The fourth-order valence-corrected chi connectivity index (χ4v) is 1.00. The number of hydrogen-bond acceptors (Lipinski definition) is 3. The molecule has 0 aliphatic heterocycles. The van der Waals surface area contributed by atoms with E-state index in [-0.39, 0.29) is 0 Å². The Bertz CT molecular complexity index is 302. The summed E-state index contributed by atoms with van der Waals surface area (Å²) in [5, 5.41) is 0. The van der Waals surface area contributed by atoms with Crippen LogP contribution in [-0.2, 0) is 0 Å². The number of aromatic nitrogens is 2. The number of nitrogens with two attached hydrogens (primary N) is 1. The van der Waals surface area contributed by atoms with Crippen LogP contribution < -0.4 is 5.73 Å². The van der Waals surface area contributed by atoms with Gasteiger partial charge >= 0.3 is 0 Å². The van der Waals surface area contributed by atoms with Gasteiger partial charge in [-0.1, -0.05) is 6.08 Å². The molecular formula is C9H11N3. The molecule has 12 heavy (non-hydrogen) atoms. The van der Waals surface area contributed by atoms with Crippen LogP contribution in [0.25, 0.3) is 6.08 Å². The van der Waals surface area contributed by atoms with Gasteiger partial charge in [-0.25, -0.2) is 9.97 Å². The molecule has 0 atom stereocenters. The summed E-state index contributed by atoms with van der Waals surface area (Å²) >= 11 is 0. The molecule has 2 rings (SSSR count). The van der Waals surface area contributed by atoms with Gasteiger partial charge in [0.15, 0.2) is 0 Å². The van der Waals surface area contributed by atoms with E-state index in [1.165, 1.54) is 19.2 Å². The van der Waals surface area contributed by atoms with E-state index in [2.05, 4.69) is 16.0 Å². The maximum Gasteiger partial charge on any atom is 0.127 e. The number of nitrogen functional groups attached to an aromatic ring is 1. The summed E-state index contributed by atoms with van der Waals surface area (Å²) in [7, 11) is 0. The van der Waals surface area contributed by atoms with Gasteiger partial charge in [0, 0.05) is 6.07 Å². The number of nitrogens with zero attached hydrogens (tertiary/aromatic N) is 2. The van der Waals surface area contributed by atoms with Gasteiger partial charge in [0.1, 0.15) is 12.1 Å². The lowest BCUT2D eigenvalue weighted by Crippen LogP contribution is -1.91. The van der Waals surface area contributed by atoms with Crippen molar-refractivity contribution in [2.45, 2.75) is 12.8 Å². The Morgan fingerprint density at radius 1 is 1.42 bits per heavy atom. The fourth-order valence-electron chi connectivity index (χ4n) is 1.00. The molecule has 2 N–H and O–H groups in total. The van der Waals surface area contributed by atoms with Crippen LogP contribution in [0.1, 0.15) is 18.5 Å². The second kappa shape index (κ2) is 2.93. The van der Waals surface area contributed by atoms with Crippen molar-refractivity contribution in [1.29, 1.82) is 0 Å². The minimum atomic E-state index is 0.528. The summed E-state index contributed by atoms with van der Waals surface area (Å²) < 4.78 is 0. The predicted molar refractivity (Wildman–Crippen MR) is 48.2 cm³/mol. The Hall–Kier alpha value is -1.38. The smallest absolute Gasteiger partial charge is 0.127 e. The highest BCUT2D eigenvalue weighted by molar-refractivity contribution is 5.48. The third-order valence-corrected chi connectivity index (χ3v) is 1.87. The van der Waals surface area contributed by atoms with Crippen LogP contribution in [0.3, 0.4) is 0 Å². The van der Waals surface area contributed by atoms with Crippen molar-refractivity contribution in [3.8, 4) is 0 Å². The molecule has 0 bridgehead atoms. The van der Waals surface area contributed by atoms with Gasteiger partial charge in [0.05, 0.1) is 5.69 Å². The molecule has 62 valence electrons. The SMILES string of the molecule is Nc1cc(C=CC2CC2)ncn1. The zero-order chi connectivity index (χ0) is 8.39. The Kier molecular flexibility index (Phi) is 1.78. The van der Waals surface area contributed by atoms with Crippen molar-refractivity contribution in [1.82, 2.24) is 9.97 Å². The lowest BCUT2D eigenvalue weighted by Gasteiger charge is -1.92. The van der Waals surface area contributed by atoms with Crippen molar-refractivity contribution in [3.05, 3.63) is 24.2 Å². The topological polar surface area (TPSA) is 51.8 Å². The molecule has 0 unspecified atom stereocenters. The highest BCUT2D eigenvalue weighted by Gasteiger charge is 2.16. The Labute approximate surface area is 71.3 Å². The first-order valence-electron chi connectivity index (χ1n) is 4.10. The van der Waals surface area contributed by atoms with Crippen LogP contribution in [0.2, 0.25) is 0 Å². The van der Waals surface area contributed by atoms with Gasteiger partial charge in [-0.15, -0.1) is 0 Å². The summed E-state index contributed by atoms with van der Waals surface area (Å²) in [5.74, 6) is 1.31. The maximum atomic E-state index is 5.50. The van der Waals surface area contributed by atoms with E-state index in [4.69, 9.17) is 5.73 Å². The van der Waals surface area contributed by atoms with Crippen molar-refractivity contribution < 1.29 is 0 Å². The summed E-state index contributed by atoms with van der Waals surface area (Å²) in [6.07, 6.45) is 8.31. The summed E-state index contributed by atoms with van der Waals surface area (Å²) in [6.45, 7) is 0. The lowest BCUT2D eigenvalue weighted by atomic mass is 10.3. The Balaban J connectivity index is 2.11. The van der Waals surface area contributed by atoms with Crippen molar-refractivity contribution in [2.75, 3.05) is 5.73 Å². The number of rotatable bonds is 2. The molecule has 1 saturated carbocycles. The molecule has 3 nitrogen and oxygen atoms in total. The third-order valence-electron chi connectivity index (χ3n) is 1.87. The van der Waals surface area contributed by atoms with Gasteiger partial charge in [0.25, 0.3) is 0 Å². The van der Waals surface area contributed by atoms with E-state index >= 15 is 0 Å². The maximum absolute atomic E-state index is 5.50. The lowest BCUT2D eigenvalue weighted by molar-refractivity contribution is 1.12. The number of hydrogen-bond donors (Lipinski definition) is 1. The summed E-state index contributed by atoms with van der Waals surface area (Å²) in [6, 6.07) is 1.78.